The first-order chi connectivity index (χ1) is 13.1. The molecule has 4 nitrogen and oxygen atoms in total. The molecule has 0 bridgehead atoms. The van der Waals surface area contributed by atoms with Crippen LogP contribution in [0.15, 0.2) is 52.8 Å². The van der Waals surface area contributed by atoms with Gasteiger partial charge in [0.15, 0.2) is 0 Å². The molecule has 3 aromatic rings. The minimum Gasteiger partial charge on any atom is -0.378 e. The van der Waals surface area contributed by atoms with Crippen molar-refractivity contribution >= 4 is 17.0 Å². The average molecular weight is 380 g/mol. The number of nitrogens with zero attached hydrogens (tertiary/aromatic N) is 3. The Bertz CT molecular complexity index is 995. The molecule has 1 aliphatic rings. The van der Waals surface area contributed by atoms with Gasteiger partial charge in [0.25, 0.3) is 0 Å². The van der Waals surface area contributed by atoms with Crippen LogP contribution in [0.4, 0.5) is 5.69 Å². The lowest BCUT2D eigenvalue weighted by Crippen LogP contribution is -2.48. The third-order valence-corrected chi connectivity index (χ3v) is 5.91. The van der Waals surface area contributed by atoms with Crippen LogP contribution in [0.5, 0.6) is 0 Å². The maximum atomic E-state index is 5.57. The largest absolute Gasteiger partial charge is 0.378 e. The lowest BCUT2D eigenvalue weighted by atomic mass is 10.1. The highest BCUT2D eigenvalue weighted by molar-refractivity contribution is 7.07. The van der Waals surface area contributed by atoms with Gasteiger partial charge < -0.3 is 9.75 Å². The van der Waals surface area contributed by atoms with E-state index in [0.717, 1.165) is 36.8 Å². The van der Waals surface area contributed by atoms with Crippen LogP contribution >= 0.6 is 11.3 Å². The minimum atomic E-state index is 0.749. The van der Waals surface area contributed by atoms with Crippen LogP contribution < -0.4 is 9.81 Å². The Labute approximate surface area is 164 Å². The molecule has 1 saturated heterocycles. The molecular formula is C22H25N3OS. The number of rotatable bonds is 3. The van der Waals surface area contributed by atoms with Crippen LogP contribution in [0.1, 0.15) is 16.7 Å². The second kappa shape index (κ2) is 7.71. The highest BCUT2D eigenvalue weighted by Crippen LogP contribution is 2.24. The molecule has 0 N–H and O–H groups in total. The SMILES string of the molecule is Cc1ccc(-c2csc(=Nc3cccc(C)c3C)n2N2CCOCC2)cc1. The summed E-state index contributed by atoms with van der Waals surface area (Å²) in [6.45, 7) is 9.64. The van der Waals surface area contributed by atoms with Crippen molar-refractivity contribution in [3.8, 4) is 11.3 Å². The molecular weight excluding hydrogens is 354 g/mol. The summed E-state index contributed by atoms with van der Waals surface area (Å²) in [6.07, 6.45) is 0. The zero-order chi connectivity index (χ0) is 18.8. The van der Waals surface area contributed by atoms with Crippen LogP contribution in [0, 0.1) is 20.8 Å². The molecule has 27 heavy (non-hydrogen) atoms. The highest BCUT2D eigenvalue weighted by Gasteiger charge is 2.17. The first-order valence-corrected chi connectivity index (χ1v) is 10.2. The van der Waals surface area contributed by atoms with Crippen LogP contribution in [0.2, 0.25) is 0 Å². The first kappa shape index (κ1) is 18.0. The van der Waals surface area contributed by atoms with Crippen LogP contribution in [-0.4, -0.2) is 31.0 Å². The van der Waals surface area contributed by atoms with Crippen molar-refractivity contribution < 1.29 is 4.74 Å². The van der Waals surface area contributed by atoms with Gasteiger partial charge >= 0.3 is 0 Å². The fourth-order valence-corrected chi connectivity index (χ4v) is 4.20. The van der Waals surface area contributed by atoms with Crippen molar-refractivity contribution in [1.82, 2.24) is 4.68 Å². The van der Waals surface area contributed by atoms with E-state index >= 15 is 0 Å². The number of aryl methyl sites for hydroxylation is 2. The zero-order valence-corrected chi connectivity index (χ0v) is 16.9. The highest BCUT2D eigenvalue weighted by atomic mass is 32.1. The number of benzene rings is 2. The van der Waals surface area contributed by atoms with Gasteiger partial charge in [-0.15, -0.1) is 11.3 Å². The van der Waals surface area contributed by atoms with Crippen molar-refractivity contribution in [3.05, 3.63) is 69.3 Å². The topological polar surface area (TPSA) is 29.8 Å². The Hall–Kier alpha value is -2.37. The van der Waals surface area contributed by atoms with Crippen molar-refractivity contribution in [1.29, 1.82) is 0 Å². The standard InChI is InChI=1S/C22H25N3OS/c1-16-7-9-19(10-8-16)21-15-27-22(25(21)24-11-13-26-14-12-24)23-20-6-4-5-17(2)18(20)3/h4-10,15H,11-14H2,1-3H3. The summed E-state index contributed by atoms with van der Waals surface area (Å²) in [6, 6.07) is 15.0. The fraction of sp³-hybridized carbons (Fsp3) is 0.318. The molecule has 1 aromatic heterocycles. The molecule has 0 spiro atoms. The molecule has 1 fully saturated rings. The van der Waals surface area contributed by atoms with Gasteiger partial charge in [-0.1, -0.05) is 42.0 Å². The van der Waals surface area contributed by atoms with Gasteiger partial charge in [-0.3, -0.25) is 0 Å². The van der Waals surface area contributed by atoms with Gasteiger partial charge in [0.2, 0.25) is 4.80 Å². The minimum absolute atomic E-state index is 0.749. The molecule has 140 valence electrons. The third-order valence-electron chi connectivity index (χ3n) is 5.10. The fourth-order valence-electron chi connectivity index (χ4n) is 3.29. The Morgan fingerprint density at radius 2 is 1.70 bits per heavy atom. The molecule has 0 radical (unpaired) electrons. The molecule has 4 rings (SSSR count). The molecule has 0 unspecified atom stereocenters. The lowest BCUT2D eigenvalue weighted by Gasteiger charge is -2.31. The summed E-state index contributed by atoms with van der Waals surface area (Å²) in [5.74, 6) is 0. The van der Waals surface area contributed by atoms with Crippen LogP contribution in [-0.2, 0) is 4.74 Å². The predicted octanol–water partition coefficient (Wildman–Crippen LogP) is 4.34. The second-order valence-corrected chi connectivity index (χ2v) is 7.81. The van der Waals surface area contributed by atoms with E-state index in [1.165, 1.54) is 27.9 Å². The number of thiazole rings is 1. The normalized spacial score (nSPS) is 15.4. The van der Waals surface area contributed by atoms with Gasteiger partial charge in [0, 0.05) is 10.9 Å². The number of hydrogen-bond acceptors (Lipinski definition) is 4. The summed E-state index contributed by atoms with van der Waals surface area (Å²) in [7, 11) is 0. The van der Waals surface area contributed by atoms with E-state index in [2.05, 4.69) is 78.3 Å². The maximum absolute atomic E-state index is 5.57. The van der Waals surface area contributed by atoms with Gasteiger partial charge in [0.05, 0.1) is 37.7 Å². The number of hydrogen-bond donors (Lipinski definition) is 0. The van der Waals surface area contributed by atoms with Gasteiger partial charge in [-0.05, 0) is 38.0 Å². The zero-order valence-electron chi connectivity index (χ0n) is 16.1. The Balaban J connectivity index is 1.87. The average Bonchev–Trinajstić information content (AvgIpc) is 3.10. The number of morpholine rings is 1. The Morgan fingerprint density at radius 3 is 2.44 bits per heavy atom. The molecule has 2 heterocycles. The second-order valence-electron chi connectivity index (χ2n) is 6.98. The third kappa shape index (κ3) is 3.70. The summed E-state index contributed by atoms with van der Waals surface area (Å²) in [5, 5.41) is 4.56. The first-order valence-electron chi connectivity index (χ1n) is 9.35. The molecule has 0 atom stereocenters. The van der Waals surface area contributed by atoms with E-state index in [9.17, 15) is 0 Å². The van der Waals surface area contributed by atoms with E-state index in [0.29, 0.717) is 0 Å². The quantitative estimate of drug-likeness (QED) is 0.677. The molecule has 0 amide bonds. The van der Waals surface area contributed by atoms with Crippen molar-refractivity contribution in [2.24, 2.45) is 4.99 Å². The molecule has 0 saturated carbocycles. The monoisotopic (exact) mass is 379 g/mol. The molecule has 5 heteroatoms. The summed E-state index contributed by atoms with van der Waals surface area (Å²) < 4.78 is 7.85. The van der Waals surface area contributed by atoms with Crippen molar-refractivity contribution in [3.63, 3.8) is 0 Å². The smallest absolute Gasteiger partial charge is 0.209 e. The van der Waals surface area contributed by atoms with E-state index < -0.39 is 0 Å². The lowest BCUT2D eigenvalue weighted by molar-refractivity contribution is 0.111. The van der Waals surface area contributed by atoms with E-state index in [4.69, 9.17) is 9.73 Å². The van der Waals surface area contributed by atoms with Crippen molar-refractivity contribution in [2.75, 3.05) is 31.3 Å². The Morgan fingerprint density at radius 1 is 0.963 bits per heavy atom. The van der Waals surface area contributed by atoms with E-state index in [1.807, 2.05) is 0 Å². The molecule has 2 aromatic carbocycles. The summed E-state index contributed by atoms with van der Waals surface area (Å²) in [4.78, 5) is 6.04. The van der Waals surface area contributed by atoms with Gasteiger partial charge in [-0.2, -0.15) is 0 Å². The van der Waals surface area contributed by atoms with E-state index in [-0.39, 0.29) is 0 Å². The van der Waals surface area contributed by atoms with Crippen LogP contribution in [0.25, 0.3) is 11.3 Å². The Kier molecular flexibility index (Phi) is 5.14. The predicted molar refractivity (Wildman–Crippen MR) is 112 cm³/mol. The van der Waals surface area contributed by atoms with Crippen molar-refractivity contribution in [2.45, 2.75) is 20.8 Å². The maximum Gasteiger partial charge on any atom is 0.209 e. The number of ether oxygens (including phenoxy) is 1. The summed E-state index contributed by atoms with van der Waals surface area (Å²) >= 11 is 1.69. The number of aromatic nitrogens is 1. The van der Waals surface area contributed by atoms with Gasteiger partial charge in [-0.25, -0.2) is 9.67 Å². The molecule has 0 aliphatic carbocycles. The van der Waals surface area contributed by atoms with E-state index in [1.54, 1.807) is 11.3 Å². The summed E-state index contributed by atoms with van der Waals surface area (Å²) in [5.41, 5.74) is 7.21. The van der Waals surface area contributed by atoms with Crippen LogP contribution in [0.3, 0.4) is 0 Å². The molecule has 1 aliphatic heterocycles. The van der Waals surface area contributed by atoms with Gasteiger partial charge in [0.1, 0.15) is 0 Å².